The Kier molecular flexibility index (Phi) is 3.44. The Balaban J connectivity index is 2.25. The molecule has 1 fully saturated rings. The molecule has 0 N–H and O–H groups in total. The van der Waals surface area contributed by atoms with Gasteiger partial charge in [-0.15, -0.1) is 10.2 Å². The smallest absolute Gasteiger partial charge is 0.294 e. The molecule has 1 heterocycles. The Morgan fingerprint density at radius 1 is 1.20 bits per heavy atom. The number of hydrogen-bond donors (Lipinski definition) is 0. The van der Waals surface area contributed by atoms with E-state index in [4.69, 9.17) is 33.9 Å². The number of hydrogen-bond acceptors (Lipinski definition) is 4. The molecule has 1 aliphatic rings. The second-order valence-electron chi connectivity index (χ2n) is 4.47. The highest BCUT2D eigenvalue weighted by Crippen LogP contribution is 2.41. The summed E-state index contributed by atoms with van der Waals surface area (Å²) in [5.41, 5.74) is 0.533. The molecule has 20 heavy (non-hydrogen) atoms. The van der Waals surface area contributed by atoms with E-state index in [1.807, 2.05) is 0 Å². The molecule has 2 aromatic rings. The van der Waals surface area contributed by atoms with Crippen LogP contribution in [0.2, 0.25) is 10.0 Å². The van der Waals surface area contributed by atoms with E-state index in [0.717, 1.165) is 12.8 Å². The molecule has 106 valence electrons. The van der Waals surface area contributed by atoms with Crippen molar-refractivity contribution in [2.24, 2.45) is 0 Å². The van der Waals surface area contributed by atoms with Crippen molar-refractivity contribution in [1.82, 2.24) is 14.8 Å². The van der Waals surface area contributed by atoms with E-state index < -0.39 is 9.05 Å². The van der Waals surface area contributed by atoms with Crippen molar-refractivity contribution in [3.05, 3.63) is 28.2 Å². The van der Waals surface area contributed by atoms with Crippen LogP contribution in [0.5, 0.6) is 0 Å². The van der Waals surface area contributed by atoms with E-state index in [9.17, 15) is 8.42 Å². The van der Waals surface area contributed by atoms with E-state index in [1.165, 1.54) is 4.57 Å². The number of rotatable bonds is 3. The maximum absolute atomic E-state index is 11.6. The lowest BCUT2D eigenvalue weighted by Gasteiger charge is -2.08. The topological polar surface area (TPSA) is 64.8 Å². The Morgan fingerprint density at radius 2 is 1.90 bits per heavy atom. The third-order valence-corrected chi connectivity index (χ3v) is 4.66. The Bertz CT molecular complexity index is 784. The second-order valence-corrected chi connectivity index (χ2v) is 7.77. The van der Waals surface area contributed by atoms with Crippen LogP contribution in [-0.2, 0) is 9.05 Å². The molecule has 1 saturated carbocycles. The minimum Gasteiger partial charge on any atom is -0.294 e. The molecule has 3 rings (SSSR count). The van der Waals surface area contributed by atoms with Gasteiger partial charge < -0.3 is 0 Å². The molecule has 1 aromatic heterocycles. The monoisotopic (exact) mass is 351 g/mol. The molecule has 1 aliphatic carbocycles. The number of aromatic nitrogens is 3. The van der Waals surface area contributed by atoms with Gasteiger partial charge in [0.15, 0.2) is 5.82 Å². The minimum atomic E-state index is -3.96. The van der Waals surface area contributed by atoms with Crippen molar-refractivity contribution in [3.63, 3.8) is 0 Å². The van der Waals surface area contributed by atoms with E-state index >= 15 is 0 Å². The van der Waals surface area contributed by atoms with Crippen molar-refractivity contribution in [2.45, 2.75) is 24.0 Å². The molecule has 0 saturated heterocycles. The number of benzene rings is 1. The van der Waals surface area contributed by atoms with Gasteiger partial charge in [-0.05, 0) is 31.0 Å². The highest BCUT2D eigenvalue weighted by atomic mass is 35.7. The zero-order valence-electron chi connectivity index (χ0n) is 9.92. The van der Waals surface area contributed by atoms with Crippen molar-refractivity contribution in [2.75, 3.05) is 0 Å². The second kappa shape index (κ2) is 4.87. The molecule has 0 aliphatic heterocycles. The molecule has 1 aromatic carbocycles. The summed E-state index contributed by atoms with van der Waals surface area (Å²) < 4.78 is 24.6. The minimum absolute atomic E-state index is 0.0265. The molecule has 0 bridgehead atoms. The van der Waals surface area contributed by atoms with Crippen LogP contribution in [0.4, 0.5) is 0 Å². The van der Waals surface area contributed by atoms with Gasteiger partial charge in [0.1, 0.15) is 0 Å². The lowest BCUT2D eigenvalue weighted by molar-refractivity contribution is 0.579. The Labute approximate surface area is 129 Å². The van der Waals surface area contributed by atoms with Crippen LogP contribution in [0.3, 0.4) is 0 Å². The van der Waals surface area contributed by atoms with Crippen LogP contribution in [0.1, 0.15) is 18.9 Å². The van der Waals surface area contributed by atoms with Crippen LogP contribution < -0.4 is 0 Å². The first-order valence-corrected chi connectivity index (χ1v) is 8.79. The van der Waals surface area contributed by atoms with Crippen molar-refractivity contribution >= 4 is 42.9 Å². The average Bonchev–Trinajstić information content (AvgIpc) is 3.09. The Hall–Kier alpha value is -0.820. The third kappa shape index (κ3) is 2.53. The van der Waals surface area contributed by atoms with Gasteiger partial charge >= 0.3 is 0 Å². The first-order valence-electron chi connectivity index (χ1n) is 5.73. The summed E-state index contributed by atoms with van der Waals surface area (Å²) in [6, 6.07) is 4.92. The van der Waals surface area contributed by atoms with Gasteiger partial charge in [-0.2, -0.15) is 0 Å². The molecule has 5 nitrogen and oxygen atoms in total. The molecule has 0 atom stereocenters. The molecular formula is C11H8Cl3N3O2S. The SMILES string of the molecule is O=S(=O)(Cl)c1nnc(-c2cc(Cl)ccc2Cl)n1C1CC1. The summed E-state index contributed by atoms with van der Waals surface area (Å²) in [6.07, 6.45) is 1.70. The first-order chi connectivity index (χ1) is 9.38. The standard InChI is InChI=1S/C11H8Cl3N3O2S/c12-6-1-4-9(13)8(5-6)10-15-16-11(20(14,18)19)17(10)7-2-3-7/h1,4-5,7H,2-3H2. The normalized spacial score (nSPS) is 15.6. The summed E-state index contributed by atoms with van der Waals surface area (Å²) in [4.78, 5) is 0. The molecule has 0 unspecified atom stereocenters. The van der Waals surface area contributed by atoms with Gasteiger partial charge in [-0.25, -0.2) is 8.42 Å². The van der Waals surface area contributed by atoms with E-state index in [-0.39, 0.29) is 11.2 Å². The molecular weight excluding hydrogens is 345 g/mol. The van der Waals surface area contributed by atoms with Crippen molar-refractivity contribution in [3.8, 4) is 11.4 Å². The van der Waals surface area contributed by atoms with Crippen LogP contribution >= 0.6 is 33.9 Å². The predicted molar refractivity (Wildman–Crippen MR) is 76.8 cm³/mol. The van der Waals surface area contributed by atoms with Gasteiger partial charge in [0.05, 0.1) is 5.02 Å². The average molecular weight is 353 g/mol. The first kappa shape index (κ1) is 14.1. The van der Waals surface area contributed by atoms with Gasteiger partial charge in [0.25, 0.3) is 14.2 Å². The van der Waals surface area contributed by atoms with Crippen LogP contribution in [-0.4, -0.2) is 23.2 Å². The highest BCUT2D eigenvalue weighted by molar-refractivity contribution is 8.13. The summed E-state index contributed by atoms with van der Waals surface area (Å²) in [6.45, 7) is 0. The molecule has 0 radical (unpaired) electrons. The van der Waals surface area contributed by atoms with Gasteiger partial charge in [0.2, 0.25) is 0 Å². The van der Waals surface area contributed by atoms with Crippen molar-refractivity contribution in [1.29, 1.82) is 0 Å². The number of nitrogens with zero attached hydrogens (tertiary/aromatic N) is 3. The zero-order chi connectivity index (χ0) is 14.5. The quantitative estimate of drug-likeness (QED) is 0.793. The van der Waals surface area contributed by atoms with E-state index in [0.29, 0.717) is 21.4 Å². The molecule has 9 heteroatoms. The molecule has 0 spiro atoms. The van der Waals surface area contributed by atoms with Crippen LogP contribution in [0.25, 0.3) is 11.4 Å². The fraction of sp³-hybridized carbons (Fsp3) is 0.273. The van der Waals surface area contributed by atoms with Crippen molar-refractivity contribution < 1.29 is 8.42 Å². The van der Waals surface area contributed by atoms with E-state index in [2.05, 4.69) is 10.2 Å². The summed E-state index contributed by atoms with van der Waals surface area (Å²) in [5.74, 6) is 0.360. The summed E-state index contributed by atoms with van der Waals surface area (Å²) in [5, 5.41) is 8.25. The lowest BCUT2D eigenvalue weighted by Crippen LogP contribution is -2.06. The summed E-state index contributed by atoms with van der Waals surface area (Å²) in [7, 11) is 1.43. The fourth-order valence-corrected chi connectivity index (χ4v) is 3.26. The maximum Gasteiger partial charge on any atom is 0.296 e. The van der Waals surface area contributed by atoms with Crippen LogP contribution in [0.15, 0.2) is 23.4 Å². The largest absolute Gasteiger partial charge is 0.296 e. The maximum atomic E-state index is 11.6. The lowest BCUT2D eigenvalue weighted by atomic mass is 10.2. The van der Waals surface area contributed by atoms with Gasteiger partial charge in [-0.1, -0.05) is 23.2 Å². The van der Waals surface area contributed by atoms with Gasteiger partial charge in [-0.3, -0.25) is 4.57 Å². The molecule has 0 amide bonds. The predicted octanol–water partition coefficient (Wildman–Crippen LogP) is 3.51. The number of halogens is 3. The van der Waals surface area contributed by atoms with Gasteiger partial charge in [0, 0.05) is 27.3 Å². The highest BCUT2D eigenvalue weighted by Gasteiger charge is 2.34. The summed E-state index contributed by atoms with van der Waals surface area (Å²) >= 11 is 12.1. The van der Waals surface area contributed by atoms with Crippen LogP contribution in [0, 0.1) is 0 Å². The third-order valence-electron chi connectivity index (χ3n) is 2.96. The fourth-order valence-electron chi connectivity index (χ4n) is 1.96. The Morgan fingerprint density at radius 3 is 2.50 bits per heavy atom. The van der Waals surface area contributed by atoms with E-state index in [1.54, 1.807) is 18.2 Å². The zero-order valence-corrected chi connectivity index (χ0v) is 13.0.